The average Bonchev–Trinajstić information content (AvgIpc) is 1.61. The zero-order chi connectivity index (χ0) is 4.83. The van der Waals surface area contributed by atoms with Crippen molar-refractivity contribution < 1.29 is 0 Å². The SMILES string of the molecule is BB/C=C/BC. The first-order valence-corrected chi connectivity index (χ1v) is 2.56. The van der Waals surface area contributed by atoms with Crippen molar-refractivity contribution in [3.05, 3.63) is 12.0 Å². The molecule has 0 amide bonds. The molecule has 0 bridgehead atoms. The van der Waals surface area contributed by atoms with Gasteiger partial charge < -0.3 is 0 Å². The molecule has 0 spiro atoms. The van der Waals surface area contributed by atoms with Crippen molar-refractivity contribution in [2.45, 2.75) is 6.82 Å². The van der Waals surface area contributed by atoms with Crippen LogP contribution in [0.2, 0.25) is 6.82 Å². The van der Waals surface area contributed by atoms with Crippen LogP contribution in [0.3, 0.4) is 0 Å². The molecule has 0 aliphatic rings. The summed E-state index contributed by atoms with van der Waals surface area (Å²) in [6.45, 7) is 2.14. The van der Waals surface area contributed by atoms with Crippen molar-refractivity contribution in [2.75, 3.05) is 0 Å². The summed E-state index contributed by atoms with van der Waals surface area (Å²) in [5.74, 6) is 4.36. The van der Waals surface area contributed by atoms with Crippen LogP contribution in [0.25, 0.3) is 0 Å². The molecule has 0 atom stereocenters. The van der Waals surface area contributed by atoms with Gasteiger partial charge in [0.1, 0.15) is 14.4 Å². The second kappa shape index (κ2) is 4.93. The maximum atomic E-state index is 2.18. The van der Waals surface area contributed by atoms with Gasteiger partial charge in [-0.25, -0.2) is 0 Å². The second-order valence-electron chi connectivity index (χ2n) is 1.29. The van der Waals surface area contributed by atoms with E-state index in [0.29, 0.717) is 0 Å². The first-order chi connectivity index (χ1) is 2.91. The molecule has 0 aromatic heterocycles. The normalized spacial score (nSPS) is 8.83. The summed E-state index contributed by atoms with van der Waals surface area (Å²) in [5.41, 5.74) is 0. The molecule has 0 saturated carbocycles. The van der Waals surface area contributed by atoms with Crippen molar-refractivity contribution in [1.82, 2.24) is 0 Å². The summed E-state index contributed by atoms with van der Waals surface area (Å²) in [4.78, 5) is 0. The van der Waals surface area contributed by atoms with Crippen LogP contribution in [0.1, 0.15) is 0 Å². The van der Waals surface area contributed by atoms with Gasteiger partial charge in [0, 0.05) is 0 Å². The van der Waals surface area contributed by atoms with E-state index in [-0.39, 0.29) is 0 Å². The fourth-order valence-electron chi connectivity index (χ4n) is 0.333. The molecule has 0 aliphatic carbocycles. The fourth-order valence-corrected chi connectivity index (χ4v) is 0.333. The molecular weight excluding hydrogens is 68.5 g/mol. The fraction of sp³-hybridized carbons (Fsp3) is 0.333. The van der Waals surface area contributed by atoms with Crippen molar-refractivity contribution in [3.63, 3.8) is 0 Å². The van der Waals surface area contributed by atoms with Gasteiger partial charge in [0.05, 0.1) is 7.74 Å². The van der Waals surface area contributed by atoms with E-state index in [4.69, 9.17) is 0 Å². The Hall–Kier alpha value is -0.0652. The van der Waals surface area contributed by atoms with E-state index in [2.05, 4.69) is 26.5 Å². The molecule has 3 heteroatoms. The minimum atomic E-state index is 1.17. The molecule has 30 valence electrons. The topological polar surface area (TPSA) is 0 Å². The summed E-state index contributed by atoms with van der Waals surface area (Å²) in [6, 6.07) is 0. The van der Waals surface area contributed by atoms with Gasteiger partial charge in [-0.15, -0.1) is 12.0 Å². The van der Waals surface area contributed by atoms with Crippen LogP contribution in [0.15, 0.2) is 12.0 Å². The maximum Gasteiger partial charge on any atom is 0.143 e. The molecule has 0 N–H and O–H groups in total. The zero-order valence-electron chi connectivity index (χ0n) is 4.57. The molecule has 0 nitrogen and oxygen atoms in total. The summed E-state index contributed by atoms with van der Waals surface area (Å²) in [5, 5.41) is 0. The average molecular weight is 77.5 g/mol. The van der Waals surface area contributed by atoms with Gasteiger partial charge in [-0.1, -0.05) is 6.82 Å². The summed E-state index contributed by atoms with van der Waals surface area (Å²) < 4.78 is 0. The lowest BCUT2D eigenvalue weighted by Gasteiger charge is -1.68. The molecule has 0 fully saturated rings. The van der Waals surface area contributed by atoms with Crippen LogP contribution in [0.4, 0.5) is 0 Å². The molecule has 0 aliphatic heterocycles. The lowest BCUT2D eigenvalue weighted by Crippen LogP contribution is -1.80. The van der Waals surface area contributed by atoms with Crippen LogP contribution in [0.5, 0.6) is 0 Å². The molecule has 0 aromatic rings. The Labute approximate surface area is 41.9 Å². The van der Waals surface area contributed by atoms with Gasteiger partial charge in [0.15, 0.2) is 0 Å². The third-order valence-corrected chi connectivity index (χ3v) is 0.638. The smallest absolute Gasteiger partial charge is 0.141 e. The Morgan fingerprint density at radius 2 is 2.17 bits per heavy atom. The van der Waals surface area contributed by atoms with Gasteiger partial charge in [-0.05, 0) is 0 Å². The largest absolute Gasteiger partial charge is 0.143 e. The molecule has 0 saturated heterocycles. The van der Waals surface area contributed by atoms with E-state index >= 15 is 0 Å². The lowest BCUT2D eigenvalue weighted by atomic mass is 9.54. The van der Waals surface area contributed by atoms with E-state index in [1.165, 1.54) is 14.4 Å². The van der Waals surface area contributed by atoms with E-state index in [0.717, 1.165) is 0 Å². The van der Waals surface area contributed by atoms with Gasteiger partial charge in [0.2, 0.25) is 0 Å². The maximum absolute atomic E-state index is 2.18. The Bertz CT molecular complexity index is 35.3. The Balaban J connectivity index is 2.73. The summed E-state index contributed by atoms with van der Waals surface area (Å²) >= 11 is 0. The predicted octanol–water partition coefficient (Wildman–Crippen LogP) is -1.07. The lowest BCUT2D eigenvalue weighted by molar-refractivity contribution is 2.24. The molecule has 0 radical (unpaired) electrons. The van der Waals surface area contributed by atoms with Crippen LogP contribution in [-0.2, 0) is 0 Å². The molecule has 0 heterocycles. The van der Waals surface area contributed by atoms with Gasteiger partial charge in [-0.3, -0.25) is 0 Å². The van der Waals surface area contributed by atoms with E-state index in [1.54, 1.807) is 0 Å². The van der Waals surface area contributed by atoms with Gasteiger partial charge in [-0.2, -0.15) is 0 Å². The molecular formula is C3H9B3. The Morgan fingerprint density at radius 3 is 2.33 bits per heavy atom. The highest BCUT2D eigenvalue weighted by molar-refractivity contribution is 6.92. The highest BCUT2D eigenvalue weighted by Gasteiger charge is 1.66. The standard InChI is InChI=1S/C3H9B3/c1-5-2-3-6-4/h2-3,5-6H,4H2,1H3/b3-2+. The number of hydrogen-bond donors (Lipinski definition) is 0. The molecule has 0 unspecified atom stereocenters. The Morgan fingerprint density at radius 1 is 1.50 bits per heavy atom. The number of rotatable bonds is 2. The third-order valence-electron chi connectivity index (χ3n) is 0.638. The van der Waals surface area contributed by atoms with Gasteiger partial charge >= 0.3 is 0 Å². The van der Waals surface area contributed by atoms with E-state index < -0.39 is 0 Å². The molecule has 0 aromatic carbocycles. The molecule has 6 heavy (non-hydrogen) atoms. The third kappa shape index (κ3) is 3.93. The zero-order valence-corrected chi connectivity index (χ0v) is 4.57. The van der Waals surface area contributed by atoms with Crippen molar-refractivity contribution in [1.29, 1.82) is 0 Å². The van der Waals surface area contributed by atoms with E-state index in [9.17, 15) is 0 Å². The second-order valence-corrected chi connectivity index (χ2v) is 1.29. The van der Waals surface area contributed by atoms with Crippen LogP contribution in [-0.4, -0.2) is 22.2 Å². The quantitative estimate of drug-likeness (QED) is 0.368. The molecule has 0 rings (SSSR count). The van der Waals surface area contributed by atoms with Crippen molar-refractivity contribution >= 4 is 22.2 Å². The minimum absolute atomic E-state index is 1.17. The van der Waals surface area contributed by atoms with E-state index in [1.807, 2.05) is 0 Å². The van der Waals surface area contributed by atoms with Crippen LogP contribution >= 0.6 is 0 Å². The first-order valence-electron chi connectivity index (χ1n) is 2.56. The monoisotopic (exact) mass is 78.1 g/mol. The highest BCUT2D eigenvalue weighted by atomic mass is 13.3. The Kier molecular flexibility index (Phi) is 4.88. The first kappa shape index (κ1) is 5.93. The van der Waals surface area contributed by atoms with Crippen LogP contribution < -0.4 is 0 Å². The van der Waals surface area contributed by atoms with Crippen molar-refractivity contribution in [3.8, 4) is 0 Å². The highest BCUT2D eigenvalue weighted by Crippen LogP contribution is 1.60. The van der Waals surface area contributed by atoms with Crippen molar-refractivity contribution in [2.24, 2.45) is 0 Å². The minimum Gasteiger partial charge on any atom is -0.141 e. The summed E-state index contributed by atoms with van der Waals surface area (Å²) in [7, 11) is 4.49. The predicted molar refractivity (Wildman–Crippen MR) is 37.8 cm³/mol. The van der Waals surface area contributed by atoms with Gasteiger partial charge in [0.25, 0.3) is 0 Å². The number of hydrogen-bond acceptors (Lipinski definition) is 0. The summed E-state index contributed by atoms with van der Waals surface area (Å²) in [6.07, 6.45) is 0. The van der Waals surface area contributed by atoms with Crippen LogP contribution in [0, 0.1) is 0 Å².